The molecule has 6 nitrogen and oxygen atoms in total. The Bertz CT molecular complexity index is 909. The van der Waals surface area contributed by atoms with Crippen LogP contribution in [0, 0.1) is 0 Å². The van der Waals surface area contributed by atoms with Crippen molar-refractivity contribution in [2.24, 2.45) is 0 Å². The number of nitrogens with one attached hydrogen (secondary N) is 2. The molecule has 0 fully saturated rings. The van der Waals surface area contributed by atoms with Crippen molar-refractivity contribution in [1.82, 2.24) is 24.7 Å². The van der Waals surface area contributed by atoms with Crippen LogP contribution >= 0.6 is 0 Å². The SMILES string of the molecule is c1ccc(Nc2n[nH]c(CCn3cnc4ccccc43)n2)cc1. The number of imidazole rings is 1. The highest BCUT2D eigenvalue weighted by Crippen LogP contribution is 2.14. The number of rotatable bonds is 5. The first-order valence-electron chi connectivity index (χ1n) is 7.52. The van der Waals surface area contributed by atoms with E-state index in [9.17, 15) is 0 Å². The van der Waals surface area contributed by atoms with Crippen molar-refractivity contribution < 1.29 is 0 Å². The van der Waals surface area contributed by atoms with Crippen LogP contribution in [0.4, 0.5) is 11.6 Å². The van der Waals surface area contributed by atoms with Gasteiger partial charge in [0.1, 0.15) is 5.82 Å². The summed E-state index contributed by atoms with van der Waals surface area (Å²) < 4.78 is 2.13. The van der Waals surface area contributed by atoms with Crippen LogP contribution in [0.2, 0.25) is 0 Å². The highest BCUT2D eigenvalue weighted by Gasteiger charge is 2.06. The third kappa shape index (κ3) is 2.91. The number of H-pyrrole nitrogens is 1. The van der Waals surface area contributed by atoms with Crippen LogP contribution in [-0.2, 0) is 13.0 Å². The molecular weight excluding hydrogens is 288 g/mol. The first-order chi connectivity index (χ1) is 11.4. The lowest BCUT2D eigenvalue weighted by molar-refractivity contribution is 0.690. The molecule has 2 aromatic heterocycles. The van der Waals surface area contributed by atoms with E-state index in [4.69, 9.17) is 0 Å². The Kier molecular flexibility index (Phi) is 3.48. The van der Waals surface area contributed by atoms with Crippen molar-refractivity contribution in [2.45, 2.75) is 13.0 Å². The van der Waals surface area contributed by atoms with Crippen molar-refractivity contribution in [3.8, 4) is 0 Å². The van der Waals surface area contributed by atoms with Gasteiger partial charge in [0.2, 0.25) is 5.95 Å². The van der Waals surface area contributed by atoms with Gasteiger partial charge in [-0.25, -0.2) is 4.98 Å². The van der Waals surface area contributed by atoms with E-state index in [-0.39, 0.29) is 0 Å². The number of fused-ring (bicyclic) bond motifs is 1. The maximum absolute atomic E-state index is 4.47. The first kappa shape index (κ1) is 13.5. The van der Waals surface area contributed by atoms with E-state index in [1.54, 1.807) is 0 Å². The van der Waals surface area contributed by atoms with Gasteiger partial charge in [0.05, 0.1) is 17.4 Å². The molecule has 2 heterocycles. The molecule has 0 aliphatic rings. The summed E-state index contributed by atoms with van der Waals surface area (Å²) in [6, 6.07) is 18.0. The smallest absolute Gasteiger partial charge is 0.246 e. The molecule has 0 radical (unpaired) electrons. The third-order valence-electron chi connectivity index (χ3n) is 3.68. The Morgan fingerprint density at radius 1 is 1.00 bits per heavy atom. The molecule has 23 heavy (non-hydrogen) atoms. The fourth-order valence-corrected chi connectivity index (χ4v) is 2.53. The summed E-state index contributed by atoms with van der Waals surface area (Å²) in [6.07, 6.45) is 2.63. The Morgan fingerprint density at radius 3 is 2.74 bits per heavy atom. The maximum Gasteiger partial charge on any atom is 0.246 e. The molecule has 4 rings (SSSR count). The quantitative estimate of drug-likeness (QED) is 0.594. The minimum absolute atomic E-state index is 0.585. The van der Waals surface area contributed by atoms with Crippen molar-refractivity contribution >= 4 is 22.7 Å². The van der Waals surface area contributed by atoms with E-state index in [1.165, 1.54) is 0 Å². The van der Waals surface area contributed by atoms with Gasteiger partial charge >= 0.3 is 0 Å². The van der Waals surface area contributed by atoms with E-state index in [2.05, 4.69) is 36.1 Å². The number of anilines is 2. The molecule has 0 saturated carbocycles. The normalized spacial score (nSPS) is 11.0. The summed E-state index contributed by atoms with van der Waals surface area (Å²) in [6.45, 7) is 0.806. The van der Waals surface area contributed by atoms with Crippen molar-refractivity contribution in [1.29, 1.82) is 0 Å². The Labute approximate surface area is 133 Å². The summed E-state index contributed by atoms with van der Waals surface area (Å²) in [5.41, 5.74) is 3.12. The van der Waals surface area contributed by atoms with Crippen LogP contribution in [0.25, 0.3) is 11.0 Å². The molecule has 4 aromatic rings. The molecule has 114 valence electrons. The minimum atomic E-state index is 0.585. The molecule has 0 atom stereocenters. The number of para-hydroxylation sites is 3. The second kappa shape index (κ2) is 5.92. The van der Waals surface area contributed by atoms with Gasteiger partial charge in [-0.3, -0.25) is 5.10 Å². The van der Waals surface area contributed by atoms with E-state index >= 15 is 0 Å². The molecule has 2 N–H and O–H groups in total. The van der Waals surface area contributed by atoms with E-state index in [0.717, 1.165) is 35.5 Å². The van der Waals surface area contributed by atoms with E-state index in [1.807, 2.05) is 54.9 Å². The highest BCUT2D eigenvalue weighted by molar-refractivity contribution is 5.74. The van der Waals surface area contributed by atoms with Gasteiger partial charge < -0.3 is 9.88 Å². The molecule has 0 aliphatic heterocycles. The number of aryl methyl sites for hydroxylation is 2. The third-order valence-corrected chi connectivity index (χ3v) is 3.68. The highest BCUT2D eigenvalue weighted by atomic mass is 15.3. The fourth-order valence-electron chi connectivity index (χ4n) is 2.53. The van der Waals surface area contributed by atoms with Crippen LogP contribution in [0.5, 0.6) is 0 Å². The second-order valence-electron chi connectivity index (χ2n) is 5.27. The lowest BCUT2D eigenvalue weighted by Crippen LogP contribution is -2.01. The minimum Gasteiger partial charge on any atom is -0.330 e. The number of benzene rings is 2. The molecular formula is C17H16N6. The topological polar surface area (TPSA) is 71.4 Å². The van der Waals surface area contributed by atoms with Crippen molar-refractivity contribution in [3.05, 3.63) is 66.7 Å². The average molecular weight is 304 g/mol. The summed E-state index contributed by atoms with van der Waals surface area (Å²) in [4.78, 5) is 8.87. The largest absolute Gasteiger partial charge is 0.330 e. The van der Waals surface area contributed by atoms with Crippen LogP contribution in [0.15, 0.2) is 60.9 Å². The van der Waals surface area contributed by atoms with E-state index < -0.39 is 0 Å². The monoisotopic (exact) mass is 304 g/mol. The second-order valence-corrected chi connectivity index (χ2v) is 5.27. The molecule has 0 amide bonds. The zero-order valence-electron chi connectivity index (χ0n) is 12.5. The van der Waals surface area contributed by atoms with Gasteiger partial charge in [0, 0.05) is 18.7 Å². The predicted molar refractivity (Wildman–Crippen MR) is 89.5 cm³/mol. The fraction of sp³-hybridized carbons (Fsp3) is 0.118. The molecule has 6 heteroatoms. The zero-order chi connectivity index (χ0) is 15.5. The van der Waals surface area contributed by atoms with Gasteiger partial charge in [0.25, 0.3) is 0 Å². The summed E-state index contributed by atoms with van der Waals surface area (Å²) in [5.74, 6) is 1.43. The Hall–Kier alpha value is -3.15. The molecule has 0 unspecified atom stereocenters. The van der Waals surface area contributed by atoms with Crippen LogP contribution < -0.4 is 5.32 Å². The lowest BCUT2D eigenvalue weighted by atomic mass is 10.3. The molecule has 0 spiro atoms. The Balaban J connectivity index is 1.44. The summed E-state index contributed by atoms with van der Waals surface area (Å²) in [7, 11) is 0. The molecule has 2 aromatic carbocycles. The van der Waals surface area contributed by atoms with Crippen molar-refractivity contribution in [3.63, 3.8) is 0 Å². The number of hydrogen-bond acceptors (Lipinski definition) is 4. The number of nitrogens with zero attached hydrogens (tertiary/aromatic N) is 4. The van der Waals surface area contributed by atoms with Gasteiger partial charge in [-0.2, -0.15) is 4.98 Å². The van der Waals surface area contributed by atoms with Crippen LogP contribution in [-0.4, -0.2) is 24.7 Å². The lowest BCUT2D eigenvalue weighted by Gasteiger charge is -2.02. The molecule has 0 saturated heterocycles. The summed E-state index contributed by atoms with van der Waals surface area (Å²) in [5, 5.41) is 10.4. The Morgan fingerprint density at radius 2 is 1.83 bits per heavy atom. The predicted octanol–water partition coefficient (Wildman–Crippen LogP) is 3.14. The van der Waals surface area contributed by atoms with Gasteiger partial charge in [0.15, 0.2) is 0 Å². The molecule has 0 aliphatic carbocycles. The first-order valence-corrected chi connectivity index (χ1v) is 7.52. The average Bonchev–Trinajstić information content (AvgIpc) is 3.21. The maximum atomic E-state index is 4.47. The van der Waals surface area contributed by atoms with E-state index in [0.29, 0.717) is 5.95 Å². The number of aromatic amines is 1. The molecule has 0 bridgehead atoms. The van der Waals surface area contributed by atoms with Gasteiger partial charge in [-0.05, 0) is 24.3 Å². The van der Waals surface area contributed by atoms with Crippen LogP contribution in [0.3, 0.4) is 0 Å². The zero-order valence-corrected chi connectivity index (χ0v) is 12.5. The number of hydrogen-bond donors (Lipinski definition) is 2. The summed E-state index contributed by atoms with van der Waals surface area (Å²) >= 11 is 0. The standard InChI is InChI=1S/C17H16N6/c1-2-6-13(7-3-1)19-17-20-16(21-22-17)10-11-23-12-18-14-8-4-5-9-15(14)23/h1-9,12H,10-11H2,(H2,19,20,21,22). The number of aromatic nitrogens is 5. The van der Waals surface area contributed by atoms with Crippen molar-refractivity contribution in [2.75, 3.05) is 5.32 Å². The van der Waals surface area contributed by atoms with Crippen LogP contribution in [0.1, 0.15) is 5.82 Å². The van der Waals surface area contributed by atoms with Gasteiger partial charge in [-0.15, -0.1) is 5.10 Å². The van der Waals surface area contributed by atoms with Gasteiger partial charge in [-0.1, -0.05) is 30.3 Å².